The van der Waals surface area contributed by atoms with Crippen molar-refractivity contribution in [2.45, 2.75) is 12.7 Å². The summed E-state index contributed by atoms with van der Waals surface area (Å²) >= 11 is 5.04. The summed E-state index contributed by atoms with van der Waals surface area (Å²) in [6.07, 6.45) is 3.95. The number of hydrogen-bond donors (Lipinski definition) is 1. The number of nitrogens with one attached hydrogen (secondary N) is 1. The van der Waals surface area contributed by atoms with Gasteiger partial charge in [0.2, 0.25) is 0 Å². The van der Waals surface area contributed by atoms with Crippen LogP contribution in [0.5, 0.6) is 11.5 Å². The largest absolute Gasteiger partial charge is 0.454 e. The molecule has 0 aliphatic carbocycles. The van der Waals surface area contributed by atoms with E-state index in [-0.39, 0.29) is 5.75 Å². The van der Waals surface area contributed by atoms with E-state index in [9.17, 15) is 4.39 Å². The molecule has 154 valence electrons. The summed E-state index contributed by atoms with van der Waals surface area (Å²) in [5, 5.41) is 0.991. The monoisotopic (exact) mass is 487 g/mol. The highest BCUT2D eigenvalue weighted by Crippen LogP contribution is 2.39. The summed E-state index contributed by atoms with van der Waals surface area (Å²) in [5.74, 6) is 1.23. The van der Waals surface area contributed by atoms with Gasteiger partial charge < -0.3 is 9.57 Å². The molecule has 4 nitrogen and oxygen atoms in total. The maximum absolute atomic E-state index is 14.5. The molecule has 0 atom stereocenters. The smallest absolute Gasteiger partial charge is 0.326 e. The van der Waals surface area contributed by atoms with E-state index in [1.807, 2.05) is 31.3 Å². The predicted molar refractivity (Wildman–Crippen MR) is 123 cm³/mol. The molecule has 0 amide bonds. The van der Waals surface area contributed by atoms with Crippen LogP contribution in [-0.4, -0.2) is 18.3 Å². The van der Waals surface area contributed by atoms with Gasteiger partial charge in [-0.05, 0) is 59.0 Å². The van der Waals surface area contributed by atoms with Crippen molar-refractivity contribution >= 4 is 38.7 Å². The molecule has 0 radical (unpaired) electrons. The number of nitrogens with zero attached hydrogens (tertiary/aromatic N) is 1. The van der Waals surface area contributed by atoms with Crippen LogP contribution >= 0.6 is 27.7 Å². The molecule has 4 aromatic rings. The van der Waals surface area contributed by atoms with Gasteiger partial charge >= 0.3 is 5.65 Å². The second kappa shape index (κ2) is 8.70. The minimum atomic E-state index is -0.420. The Bertz CT molecular complexity index is 1230. The molecule has 2 aromatic heterocycles. The Morgan fingerprint density at radius 3 is 2.60 bits per heavy atom. The van der Waals surface area contributed by atoms with Crippen LogP contribution in [0.2, 0.25) is 0 Å². The molecule has 2 heterocycles. The van der Waals surface area contributed by atoms with Gasteiger partial charge in [-0.3, -0.25) is 0 Å². The zero-order valence-corrected chi connectivity index (χ0v) is 19.2. The summed E-state index contributed by atoms with van der Waals surface area (Å²) in [6.45, 7) is 1.98. The molecule has 0 spiro atoms. The van der Waals surface area contributed by atoms with Gasteiger partial charge in [-0.1, -0.05) is 22.0 Å². The average Bonchev–Trinajstić information content (AvgIpc) is 3.20. The van der Waals surface area contributed by atoms with Crippen LogP contribution in [0.15, 0.2) is 59.2 Å². The van der Waals surface area contributed by atoms with Crippen molar-refractivity contribution in [2.75, 3.05) is 13.4 Å². The molecule has 2 aromatic carbocycles. The fraction of sp³-hybridized carbons (Fsp3) is 0.174. The minimum absolute atomic E-state index is 0.182. The summed E-state index contributed by atoms with van der Waals surface area (Å²) < 4.78 is 22.9. The van der Waals surface area contributed by atoms with Crippen molar-refractivity contribution in [3.05, 3.63) is 76.3 Å². The van der Waals surface area contributed by atoms with Gasteiger partial charge in [0.15, 0.2) is 11.6 Å². The van der Waals surface area contributed by atoms with E-state index in [1.165, 1.54) is 11.6 Å². The fourth-order valence-electron chi connectivity index (χ4n) is 3.54. The van der Waals surface area contributed by atoms with Crippen molar-refractivity contribution in [2.24, 2.45) is 0 Å². The number of ether oxygens (including phenoxy) is 1. The van der Waals surface area contributed by atoms with E-state index in [1.54, 1.807) is 35.7 Å². The number of aryl methyl sites for hydroxylation is 1. The number of H-pyrrole nitrogens is 1. The molecular formula is C23H21BrFN2O2S+. The van der Waals surface area contributed by atoms with Gasteiger partial charge in [-0.2, -0.15) is 11.8 Å². The Balaban J connectivity index is 1.91. The highest BCUT2D eigenvalue weighted by atomic mass is 79.9. The number of hydrogen-bond acceptors (Lipinski definition) is 3. The second-order valence-corrected chi connectivity index (χ2v) is 8.64. The van der Waals surface area contributed by atoms with E-state index in [0.717, 1.165) is 33.6 Å². The third-order valence-corrected chi connectivity index (χ3v) is 5.95. The minimum Gasteiger partial charge on any atom is -0.454 e. The van der Waals surface area contributed by atoms with Crippen molar-refractivity contribution in [3.8, 4) is 22.6 Å². The Kier molecular flexibility index (Phi) is 6.01. The lowest BCUT2D eigenvalue weighted by Gasteiger charge is -2.15. The van der Waals surface area contributed by atoms with Crippen molar-refractivity contribution in [1.29, 1.82) is 0 Å². The first-order valence-electron chi connectivity index (χ1n) is 9.34. The topological polar surface area (TPSA) is 38.1 Å². The van der Waals surface area contributed by atoms with Gasteiger partial charge in [0.05, 0.1) is 11.6 Å². The van der Waals surface area contributed by atoms with Gasteiger partial charge in [0, 0.05) is 28.3 Å². The van der Waals surface area contributed by atoms with Crippen LogP contribution in [0.25, 0.3) is 22.2 Å². The van der Waals surface area contributed by atoms with Crippen molar-refractivity contribution in [1.82, 2.24) is 4.98 Å². The quantitative estimate of drug-likeness (QED) is 0.336. The van der Waals surface area contributed by atoms with E-state index in [2.05, 4.69) is 39.3 Å². The third kappa shape index (κ3) is 3.91. The fourth-order valence-corrected chi connectivity index (χ4v) is 4.38. The Hall–Kier alpha value is -2.51. The molecule has 4 rings (SSSR count). The molecule has 0 bridgehead atoms. The van der Waals surface area contributed by atoms with Crippen LogP contribution in [0, 0.1) is 12.7 Å². The predicted octanol–water partition coefficient (Wildman–Crippen LogP) is 6.05. The third-order valence-electron chi connectivity index (χ3n) is 4.83. The molecule has 1 N–H and O–H groups in total. The van der Waals surface area contributed by atoms with Gasteiger partial charge in [0.25, 0.3) is 0 Å². The SMILES string of the molecule is CO[n+]1c(C)cc(-c2cc(CSC)ccc2Oc2ccc(Br)cc2F)c2cc[nH]c21. The molecule has 7 heteroatoms. The Labute approximate surface area is 187 Å². The Morgan fingerprint density at radius 1 is 1.07 bits per heavy atom. The number of benzene rings is 2. The molecule has 0 unspecified atom stereocenters. The van der Waals surface area contributed by atoms with E-state index < -0.39 is 5.82 Å². The lowest BCUT2D eigenvalue weighted by Crippen LogP contribution is -2.44. The molecule has 30 heavy (non-hydrogen) atoms. The summed E-state index contributed by atoms with van der Waals surface area (Å²) in [6, 6.07) is 14.9. The number of rotatable bonds is 6. The lowest BCUT2D eigenvalue weighted by atomic mass is 9.99. The number of aromatic amines is 1. The van der Waals surface area contributed by atoms with Crippen LogP contribution < -0.4 is 14.3 Å². The number of thioether (sulfide) groups is 1. The van der Waals surface area contributed by atoms with Crippen LogP contribution in [-0.2, 0) is 5.75 Å². The first-order chi connectivity index (χ1) is 14.5. The summed E-state index contributed by atoms with van der Waals surface area (Å²) in [5.41, 5.74) is 4.85. The molecule has 0 aliphatic heterocycles. The average molecular weight is 488 g/mol. The summed E-state index contributed by atoms with van der Waals surface area (Å²) in [4.78, 5) is 8.76. The lowest BCUT2D eigenvalue weighted by molar-refractivity contribution is -0.870. The zero-order valence-electron chi connectivity index (χ0n) is 16.8. The molecule has 0 fully saturated rings. The molecule has 0 saturated carbocycles. The summed E-state index contributed by atoms with van der Waals surface area (Å²) in [7, 11) is 1.64. The van der Waals surface area contributed by atoms with Crippen LogP contribution in [0.4, 0.5) is 4.39 Å². The molecule has 0 aliphatic rings. The van der Waals surface area contributed by atoms with Crippen molar-refractivity contribution in [3.63, 3.8) is 0 Å². The van der Waals surface area contributed by atoms with E-state index >= 15 is 0 Å². The van der Waals surface area contributed by atoms with Crippen LogP contribution in [0.3, 0.4) is 0 Å². The first-order valence-corrected chi connectivity index (χ1v) is 11.5. The molecule has 0 saturated heterocycles. The van der Waals surface area contributed by atoms with Gasteiger partial charge in [-0.15, -0.1) is 0 Å². The van der Waals surface area contributed by atoms with Gasteiger partial charge in [0.1, 0.15) is 18.6 Å². The highest BCUT2D eigenvalue weighted by molar-refractivity contribution is 9.10. The maximum Gasteiger partial charge on any atom is 0.326 e. The first kappa shape index (κ1) is 20.8. The number of aromatic nitrogens is 2. The normalized spacial score (nSPS) is 11.1. The zero-order chi connectivity index (χ0) is 21.3. The van der Waals surface area contributed by atoms with E-state index in [0.29, 0.717) is 10.2 Å². The Morgan fingerprint density at radius 2 is 1.87 bits per heavy atom. The van der Waals surface area contributed by atoms with Gasteiger partial charge in [-0.25, -0.2) is 9.37 Å². The maximum atomic E-state index is 14.5. The standard InChI is InChI=1S/C23H20BrFN2O2S/c1-14-10-18(17-8-9-26-23(17)27(14)28-2)19-11-15(13-30-3)4-6-21(19)29-22-7-5-16(24)12-20(22)25/h4-12H,13H2,1-3H3/p+1. The second-order valence-electron chi connectivity index (χ2n) is 6.86. The number of pyridine rings is 1. The highest BCUT2D eigenvalue weighted by Gasteiger charge is 2.21. The number of fused-ring (bicyclic) bond motifs is 1. The number of halogens is 2. The van der Waals surface area contributed by atoms with E-state index in [4.69, 9.17) is 9.57 Å². The van der Waals surface area contributed by atoms with Crippen LogP contribution in [0.1, 0.15) is 11.3 Å². The van der Waals surface area contributed by atoms with Crippen molar-refractivity contribution < 1.29 is 18.7 Å². The molecular weight excluding hydrogens is 467 g/mol.